The van der Waals surface area contributed by atoms with Gasteiger partial charge < -0.3 is 29.9 Å². The Bertz CT molecular complexity index is 673. The van der Waals surface area contributed by atoms with Crippen molar-refractivity contribution in [2.75, 3.05) is 13.2 Å². The van der Waals surface area contributed by atoms with Gasteiger partial charge in [-0.2, -0.15) is 0 Å². The number of carbonyl (C=O) groups is 2. The molecule has 8 heteroatoms. The van der Waals surface area contributed by atoms with Crippen LogP contribution < -0.4 is 0 Å². The highest BCUT2D eigenvalue weighted by Gasteiger charge is 2.65. The summed E-state index contributed by atoms with van der Waals surface area (Å²) in [5.74, 6) is -3.60. The molecule has 27 heavy (non-hydrogen) atoms. The first-order valence-electron chi connectivity index (χ1n) is 9.04. The summed E-state index contributed by atoms with van der Waals surface area (Å²) in [5.41, 5.74) is -1.30. The Hall–Kier alpha value is -1.74. The van der Waals surface area contributed by atoms with Crippen molar-refractivity contribution < 1.29 is 39.5 Å². The monoisotopic (exact) mass is 382 g/mol. The van der Waals surface area contributed by atoms with Crippen molar-refractivity contribution in [1.82, 2.24) is 0 Å². The van der Waals surface area contributed by atoms with Gasteiger partial charge in [-0.15, -0.1) is 0 Å². The van der Waals surface area contributed by atoms with Crippen LogP contribution in [0.4, 0.5) is 0 Å². The number of aliphatic hydroxyl groups is 4. The molecule has 0 amide bonds. The molecule has 8 atom stereocenters. The number of aliphatic hydroxyl groups excluding tert-OH is 3. The molecule has 8 unspecified atom stereocenters. The highest BCUT2D eigenvalue weighted by atomic mass is 16.6. The molecule has 4 N–H and O–H groups in total. The number of ether oxygens (including phenoxy) is 2. The fraction of sp³-hybridized carbons (Fsp3) is 0.684. The van der Waals surface area contributed by atoms with E-state index in [9.17, 15) is 24.9 Å². The lowest BCUT2D eigenvalue weighted by Crippen LogP contribution is -2.53. The second-order valence-corrected chi connectivity index (χ2v) is 7.87. The standard InChI is InChI=1S/C19H26O8/c1-8-4-12(26-17(23)9(2)6-20)14-10(3)18(24)27-16(14)15-11(8)5-13(22)19(15,25)7-21/h10-16,20-22,25H,1-2,4-7H2,3H3. The van der Waals surface area contributed by atoms with Crippen molar-refractivity contribution in [3.05, 3.63) is 24.3 Å². The number of rotatable bonds is 4. The maximum Gasteiger partial charge on any atom is 0.336 e. The minimum atomic E-state index is -1.84. The molecule has 3 rings (SSSR count). The Balaban J connectivity index is 2.00. The quantitative estimate of drug-likeness (QED) is 0.285. The summed E-state index contributed by atoms with van der Waals surface area (Å²) < 4.78 is 11.1. The van der Waals surface area contributed by atoms with Crippen molar-refractivity contribution in [2.45, 2.75) is 43.7 Å². The number of hydrogen-bond acceptors (Lipinski definition) is 8. The van der Waals surface area contributed by atoms with E-state index in [4.69, 9.17) is 14.6 Å². The third-order valence-electron chi connectivity index (χ3n) is 6.41. The molecule has 1 aliphatic heterocycles. The summed E-state index contributed by atoms with van der Waals surface area (Å²) in [4.78, 5) is 24.4. The van der Waals surface area contributed by atoms with Gasteiger partial charge in [0, 0.05) is 18.3 Å². The van der Waals surface area contributed by atoms with Crippen LogP contribution in [-0.4, -0.2) is 69.5 Å². The third-order valence-corrected chi connectivity index (χ3v) is 6.41. The van der Waals surface area contributed by atoms with Gasteiger partial charge in [0.25, 0.3) is 0 Å². The second kappa shape index (κ2) is 7.01. The summed E-state index contributed by atoms with van der Waals surface area (Å²) in [7, 11) is 0. The molecule has 0 bridgehead atoms. The van der Waals surface area contributed by atoms with E-state index in [0.29, 0.717) is 5.57 Å². The maximum atomic E-state index is 12.3. The van der Waals surface area contributed by atoms with E-state index in [0.717, 1.165) is 0 Å². The Kier molecular flexibility index (Phi) is 5.20. The summed E-state index contributed by atoms with van der Waals surface area (Å²) in [5, 5.41) is 40.1. The molecular weight excluding hydrogens is 356 g/mol. The van der Waals surface area contributed by atoms with Crippen LogP contribution in [0.2, 0.25) is 0 Å². The van der Waals surface area contributed by atoms with Crippen LogP contribution in [-0.2, 0) is 19.1 Å². The van der Waals surface area contributed by atoms with Crippen LogP contribution >= 0.6 is 0 Å². The zero-order chi connectivity index (χ0) is 20.1. The summed E-state index contributed by atoms with van der Waals surface area (Å²) in [6, 6.07) is 0. The molecule has 0 aromatic heterocycles. The number of hydrogen-bond donors (Lipinski definition) is 4. The molecular formula is C19H26O8. The largest absolute Gasteiger partial charge is 0.461 e. The second-order valence-electron chi connectivity index (χ2n) is 7.87. The lowest BCUT2D eigenvalue weighted by Gasteiger charge is -2.37. The first-order valence-corrected chi connectivity index (χ1v) is 9.04. The van der Waals surface area contributed by atoms with Gasteiger partial charge in [-0.3, -0.25) is 4.79 Å². The molecule has 0 aromatic rings. The van der Waals surface area contributed by atoms with Gasteiger partial charge in [0.05, 0.1) is 30.8 Å². The van der Waals surface area contributed by atoms with Crippen LogP contribution in [0.5, 0.6) is 0 Å². The van der Waals surface area contributed by atoms with Gasteiger partial charge in [-0.1, -0.05) is 25.7 Å². The molecule has 1 heterocycles. The molecule has 8 nitrogen and oxygen atoms in total. The normalized spacial score (nSPS) is 43.5. The van der Waals surface area contributed by atoms with Crippen LogP contribution in [0.15, 0.2) is 24.3 Å². The predicted molar refractivity (Wildman–Crippen MR) is 92.0 cm³/mol. The van der Waals surface area contributed by atoms with E-state index >= 15 is 0 Å². The Labute approximate surface area is 157 Å². The third kappa shape index (κ3) is 3.00. The lowest BCUT2D eigenvalue weighted by atomic mass is 9.75. The van der Waals surface area contributed by atoms with Crippen LogP contribution in [0.1, 0.15) is 19.8 Å². The average molecular weight is 382 g/mol. The van der Waals surface area contributed by atoms with Crippen molar-refractivity contribution in [1.29, 1.82) is 0 Å². The fourth-order valence-electron chi connectivity index (χ4n) is 4.87. The molecule has 0 aromatic carbocycles. The molecule has 150 valence electrons. The van der Waals surface area contributed by atoms with Gasteiger partial charge >= 0.3 is 11.9 Å². The van der Waals surface area contributed by atoms with Crippen molar-refractivity contribution in [3.8, 4) is 0 Å². The van der Waals surface area contributed by atoms with Gasteiger partial charge in [-0.05, 0) is 12.3 Å². The van der Waals surface area contributed by atoms with E-state index in [1.165, 1.54) is 0 Å². The lowest BCUT2D eigenvalue weighted by molar-refractivity contribution is -0.165. The van der Waals surface area contributed by atoms with Gasteiger partial charge in [-0.25, -0.2) is 4.79 Å². The molecule has 3 fully saturated rings. The molecule has 2 aliphatic carbocycles. The van der Waals surface area contributed by atoms with Crippen molar-refractivity contribution >= 4 is 11.9 Å². The number of esters is 2. The van der Waals surface area contributed by atoms with Gasteiger partial charge in [0.15, 0.2) is 0 Å². The van der Waals surface area contributed by atoms with Crippen LogP contribution in [0.25, 0.3) is 0 Å². The fourth-order valence-corrected chi connectivity index (χ4v) is 4.87. The molecule has 1 saturated heterocycles. The zero-order valence-electron chi connectivity index (χ0n) is 15.2. The first kappa shape index (κ1) is 20.0. The molecule has 0 radical (unpaired) electrons. The molecule has 3 aliphatic rings. The highest BCUT2D eigenvalue weighted by Crippen LogP contribution is 2.54. The zero-order valence-corrected chi connectivity index (χ0v) is 15.2. The highest BCUT2D eigenvalue weighted by molar-refractivity contribution is 5.88. The SMILES string of the molecule is C=C(CO)C(=O)OC1CC(=C)C2CC(O)C(O)(CO)C2C2OC(=O)C(C)C12. The number of carbonyl (C=O) groups excluding carboxylic acids is 2. The minimum absolute atomic E-state index is 0.109. The molecule has 0 spiro atoms. The number of fused-ring (bicyclic) bond motifs is 3. The topological polar surface area (TPSA) is 134 Å². The Morgan fingerprint density at radius 3 is 2.67 bits per heavy atom. The Morgan fingerprint density at radius 2 is 2.07 bits per heavy atom. The molecule has 2 saturated carbocycles. The van der Waals surface area contributed by atoms with E-state index in [2.05, 4.69) is 13.2 Å². The first-order chi connectivity index (χ1) is 12.7. The van der Waals surface area contributed by atoms with E-state index < -0.39 is 72.7 Å². The van der Waals surface area contributed by atoms with E-state index in [1.807, 2.05) is 0 Å². The van der Waals surface area contributed by atoms with E-state index in [-0.39, 0.29) is 18.4 Å². The maximum absolute atomic E-state index is 12.3. The van der Waals surface area contributed by atoms with Crippen LogP contribution in [0, 0.1) is 23.7 Å². The van der Waals surface area contributed by atoms with Crippen molar-refractivity contribution in [3.63, 3.8) is 0 Å². The van der Waals surface area contributed by atoms with Gasteiger partial charge in [0.2, 0.25) is 0 Å². The smallest absolute Gasteiger partial charge is 0.336 e. The summed E-state index contributed by atoms with van der Waals surface area (Å²) in [6.07, 6.45) is -2.39. The van der Waals surface area contributed by atoms with E-state index in [1.54, 1.807) is 6.92 Å². The predicted octanol–water partition coefficient (Wildman–Crippen LogP) is -0.695. The Morgan fingerprint density at radius 1 is 1.41 bits per heavy atom. The van der Waals surface area contributed by atoms with Crippen LogP contribution in [0.3, 0.4) is 0 Å². The summed E-state index contributed by atoms with van der Waals surface area (Å²) >= 11 is 0. The minimum Gasteiger partial charge on any atom is -0.461 e. The van der Waals surface area contributed by atoms with Gasteiger partial charge in [0.1, 0.15) is 17.8 Å². The van der Waals surface area contributed by atoms with Crippen molar-refractivity contribution in [2.24, 2.45) is 23.7 Å². The summed E-state index contributed by atoms with van der Waals surface area (Å²) in [6.45, 7) is 7.91. The average Bonchev–Trinajstić information content (AvgIpc) is 3.03.